The van der Waals surface area contributed by atoms with Crippen molar-refractivity contribution in [2.45, 2.75) is 12.8 Å². The van der Waals surface area contributed by atoms with Gasteiger partial charge >= 0.3 is 0 Å². The van der Waals surface area contributed by atoms with E-state index in [2.05, 4.69) is 15.9 Å². The van der Waals surface area contributed by atoms with Gasteiger partial charge in [0.15, 0.2) is 0 Å². The average Bonchev–Trinajstić information content (AvgIpc) is 2.48. The van der Waals surface area contributed by atoms with E-state index in [1.165, 1.54) is 12.1 Å². The Balaban J connectivity index is 2.04. The molecular weight excluding hydrogens is 335 g/mol. The Labute approximate surface area is 130 Å². The van der Waals surface area contributed by atoms with E-state index in [-0.39, 0.29) is 10.4 Å². The van der Waals surface area contributed by atoms with E-state index in [0.717, 1.165) is 24.1 Å². The second kappa shape index (κ2) is 5.48. The fraction of sp³-hybridized carbons (Fsp3) is 0.188. The lowest BCUT2D eigenvalue weighted by Gasteiger charge is -2.30. The number of halogens is 2. The molecule has 5 heteroatoms. The lowest BCUT2D eigenvalue weighted by Crippen LogP contribution is -2.35. The molecule has 3 rings (SSSR count). The van der Waals surface area contributed by atoms with Crippen LogP contribution in [0.5, 0.6) is 0 Å². The summed E-state index contributed by atoms with van der Waals surface area (Å²) in [6.07, 6.45) is 1.80. The maximum absolute atomic E-state index is 13.6. The number of amides is 1. The number of benzene rings is 2. The zero-order chi connectivity index (χ0) is 15.0. The van der Waals surface area contributed by atoms with Gasteiger partial charge in [-0.25, -0.2) is 4.39 Å². The number of carbonyl (C=O) groups is 1. The van der Waals surface area contributed by atoms with Crippen LogP contribution in [0.15, 0.2) is 40.9 Å². The lowest BCUT2D eigenvalue weighted by molar-refractivity contribution is 0.0984. The zero-order valence-corrected chi connectivity index (χ0v) is 12.9. The van der Waals surface area contributed by atoms with E-state index in [9.17, 15) is 9.18 Å². The first-order valence-corrected chi connectivity index (χ1v) is 7.51. The van der Waals surface area contributed by atoms with Crippen LogP contribution in [-0.2, 0) is 6.42 Å². The van der Waals surface area contributed by atoms with Gasteiger partial charge in [-0.05, 0) is 58.6 Å². The van der Waals surface area contributed by atoms with Gasteiger partial charge in [0.1, 0.15) is 5.82 Å². The molecule has 1 aliphatic heterocycles. The van der Waals surface area contributed by atoms with Gasteiger partial charge in [0.05, 0.1) is 10.0 Å². The Morgan fingerprint density at radius 1 is 1.29 bits per heavy atom. The average molecular weight is 349 g/mol. The second-order valence-corrected chi connectivity index (χ2v) is 5.84. The summed E-state index contributed by atoms with van der Waals surface area (Å²) in [6, 6.07) is 10.1. The molecule has 1 amide bonds. The molecule has 0 spiro atoms. The third-order valence-electron chi connectivity index (χ3n) is 3.66. The van der Waals surface area contributed by atoms with Crippen LogP contribution >= 0.6 is 15.9 Å². The molecule has 108 valence electrons. The van der Waals surface area contributed by atoms with Crippen molar-refractivity contribution in [2.24, 2.45) is 0 Å². The second-order valence-electron chi connectivity index (χ2n) is 5.05. The molecule has 21 heavy (non-hydrogen) atoms. The van der Waals surface area contributed by atoms with E-state index in [0.29, 0.717) is 17.8 Å². The minimum atomic E-state index is -0.439. The first-order chi connectivity index (χ1) is 10.1. The minimum Gasteiger partial charge on any atom is -0.399 e. The number of anilines is 2. The Hall–Kier alpha value is -1.88. The maximum atomic E-state index is 13.6. The highest BCUT2D eigenvalue weighted by Gasteiger charge is 2.25. The van der Waals surface area contributed by atoms with Crippen LogP contribution in [0.4, 0.5) is 15.8 Å². The van der Waals surface area contributed by atoms with Crippen LogP contribution in [0.25, 0.3) is 0 Å². The lowest BCUT2D eigenvalue weighted by atomic mass is 10.00. The number of carbonyl (C=O) groups excluding carboxylic acids is 1. The van der Waals surface area contributed by atoms with Gasteiger partial charge in [-0.3, -0.25) is 4.79 Å². The summed E-state index contributed by atoms with van der Waals surface area (Å²) in [5.74, 6) is -0.654. The molecule has 0 aliphatic carbocycles. The summed E-state index contributed by atoms with van der Waals surface area (Å²) >= 11 is 3.15. The highest BCUT2D eigenvalue weighted by molar-refractivity contribution is 9.10. The maximum Gasteiger partial charge on any atom is 0.259 e. The summed E-state index contributed by atoms with van der Waals surface area (Å²) in [4.78, 5) is 14.4. The quantitative estimate of drug-likeness (QED) is 0.797. The van der Waals surface area contributed by atoms with E-state index in [1.807, 2.05) is 12.1 Å². The van der Waals surface area contributed by atoms with Crippen molar-refractivity contribution in [2.75, 3.05) is 17.2 Å². The minimum absolute atomic E-state index is 0.200. The van der Waals surface area contributed by atoms with Crippen LogP contribution in [0.3, 0.4) is 0 Å². The number of hydrogen-bond acceptors (Lipinski definition) is 2. The van der Waals surface area contributed by atoms with Crippen LogP contribution in [0.2, 0.25) is 0 Å². The van der Waals surface area contributed by atoms with Crippen molar-refractivity contribution in [3.05, 3.63) is 57.8 Å². The molecule has 2 aromatic rings. The molecule has 2 N–H and O–H groups in total. The topological polar surface area (TPSA) is 46.3 Å². The number of nitrogen functional groups attached to an aromatic ring is 1. The van der Waals surface area contributed by atoms with Gasteiger partial charge in [-0.2, -0.15) is 0 Å². The standard InChI is InChI=1S/C16H14BrFN2O/c17-15-12(4-1-5-13(15)18)16(21)20-8-2-3-10-6-7-11(19)9-14(10)20/h1,4-7,9H,2-3,8,19H2. The van der Waals surface area contributed by atoms with Crippen molar-refractivity contribution in [1.82, 2.24) is 0 Å². The summed E-state index contributed by atoms with van der Waals surface area (Å²) < 4.78 is 13.8. The number of fused-ring (bicyclic) bond motifs is 1. The molecule has 0 unspecified atom stereocenters. The molecule has 1 aliphatic rings. The molecule has 0 bridgehead atoms. The van der Waals surface area contributed by atoms with Crippen LogP contribution < -0.4 is 10.6 Å². The molecule has 1 heterocycles. The molecule has 0 aromatic heterocycles. The summed E-state index contributed by atoms with van der Waals surface area (Å²) in [5, 5.41) is 0. The zero-order valence-electron chi connectivity index (χ0n) is 11.3. The molecule has 0 atom stereocenters. The largest absolute Gasteiger partial charge is 0.399 e. The number of aryl methyl sites for hydroxylation is 1. The summed E-state index contributed by atoms with van der Waals surface area (Å²) in [5.41, 5.74) is 8.69. The first-order valence-electron chi connectivity index (χ1n) is 6.72. The van der Waals surface area contributed by atoms with E-state index in [1.54, 1.807) is 17.0 Å². The van der Waals surface area contributed by atoms with E-state index in [4.69, 9.17) is 5.73 Å². The van der Waals surface area contributed by atoms with Gasteiger partial charge in [0.2, 0.25) is 0 Å². The molecule has 2 aromatic carbocycles. The Kier molecular flexibility index (Phi) is 3.68. The third-order valence-corrected chi connectivity index (χ3v) is 4.46. The van der Waals surface area contributed by atoms with E-state index < -0.39 is 5.82 Å². The van der Waals surface area contributed by atoms with Crippen LogP contribution in [0.1, 0.15) is 22.3 Å². The summed E-state index contributed by atoms with van der Waals surface area (Å²) in [6.45, 7) is 0.609. The molecule has 0 radical (unpaired) electrons. The predicted molar refractivity (Wildman–Crippen MR) is 85.0 cm³/mol. The Morgan fingerprint density at radius 3 is 2.90 bits per heavy atom. The predicted octanol–water partition coefficient (Wildman–Crippen LogP) is 3.76. The molecule has 3 nitrogen and oxygen atoms in total. The van der Waals surface area contributed by atoms with Crippen molar-refractivity contribution in [1.29, 1.82) is 0 Å². The fourth-order valence-electron chi connectivity index (χ4n) is 2.62. The van der Waals surface area contributed by atoms with Crippen LogP contribution in [0, 0.1) is 5.82 Å². The SMILES string of the molecule is Nc1ccc2c(c1)N(C(=O)c1cccc(F)c1Br)CCC2. The molecular formula is C16H14BrFN2O. The van der Waals surface area contributed by atoms with Crippen LogP contribution in [-0.4, -0.2) is 12.5 Å². The number of nitrogens with zero attached hydrogens (tertiary/aromatic N) is 1. The van der Waals surface area contributed by atoms with Crippen molar-refractivity contribution in [3.8, 4) is 0 Å². The Morgan fingerprint density at radius 2 is 2.10 bits per heavy atom. The van der Waals surface area contributed by atoms with Gasteiger partial charge < -0.3 is 10.6 Å². The van der Waals surface area contributed by atoms with Gasteiger partial charge in [0, 0.05) is 17.9 Å². The Bertz CT molecular complexity index is 717. The smallest absolute Gasteiger partial charge is 0.259 e. The number of rotatable bonds is 1. The van der Waals surface area contributed by atoms with Gasteiger partial charge in [-0.15, -0.1) is 0 Å². The third kappa shape index (κ3) is 2.53. The van der Waals surface area contributed by atoms with E-state index >= 15 is 0 Å². The molecule has 0 fully saturated rings. The van der Waals surface area contributed by atoms with Crippen molar-refractivity contribution < 1.29 is 9.18 Å². The fourth-order valence-corrected chi connectivity index (χ4v) is 3.05. The van der Waals surface area contributed by atoms with Gasteiger partial charge in [0.25, 0.3) is 5.91 Å². The molecule has 0 saturated carbocycles. The normalized spacial score (nSPS) is 13.9. The highest BCUT2D eigenvalue weighted by Crippen LogP contribution is 2.32. The molecule has 0 saturated heterocycles. The monoisotopic (exact) mass is 348 g/mol. The number of nitrogens with two attached hydrogens (primary N) is 1. The summed E-state index contributed by atoms with van der Waals surface area (Å²) in [7, 11) is 0. The van der Waals surface area contributed by atoms with Crippen molar-refractivity contribution in [3.63, 3.8) is 0 Å². The van der Waals surface area contributed by atoms with Gasteiger partial charge in [-0.1, -0.05) is 12.1 Å². The number of hydrogen-bond donors (Lipinski definition) is 1. The van der Waals surface area contributed by atoms with Crippen molar-refractivity contribution >= 4 is 33.2 Å². The highest BCUT2D eigenvalue weighted by atomic mass is 79.9. The first kappa shape index (κ1) is 14.1.